The number of hydrogen-bond donors (Lipinski definition) is 1. The molecule has 82 valence electrons. The molecule has 0 fully saturated rings. The molecule has 0 heterocycles. The van der Waals surface area contributed by atoms with Gasteiger partial charge in [0, 0.05) is 4.47 Å². The third-order valence-corrected chi connectivity index (χ3v) is 3.50. The second kappa shape index (κ2) is 4.80. The number of thiol groups is 1. The van der Waals surface area contributed by atoms with Gasteiger partial charge in [-0.25, -0.2) is 8.42 Å². The summed E-state index contributed by atoms with van der Waals surface area (Å²) < 4.78 is 22.5. The Hall–Kier alpha value is -1.13. The van der Waals surface area contributed by atoms with Crippen molar-refractivity contribution in [2.45, 2.75) is 4.90 Å². The van der Waals surface area contributed by atoms with Crippen molar-refractivity contribution in [2.24, 2.45) is 0 Å². The third-order valence-electron chi connectivity index (χ3n) is 2.26. The molecule has 0 aliphatic rings. The first-order valence-electron chi connectivity index (χ1n) is 4.67. The van der Waals surface area contributed by atoms with Crippen molar-refractivity contribution in [3.8, 4) is 11.1 Å². The van der Waals surface area contributed by atoms with Gasteiger partial charge in [-0.2, -0.15) is 0 Å². The summed E-state index contributed by atoms with van der Waals surface area (Å²) in [5, 5.41) is 0. The SMILES string of the molecule is O=[SH](=O)c1ccc(-c2ccc(Br)cc2)cc1. The molecule has 0 N–H and O–H groups in total. The Kier molecular flexibility index (Phi) is 3.41. The molecule has 0 saturated carbocycles. The van der Waals surface area contributed by atoms with Crippen molar-refractivity contribution in [2.75, 3.05) is 0 Å². The van der Waals surface area contributed by atoms with Crippen LogP contribution >= 0.6 is 15.9 Å². The fourth-order valence-electron chi connectivity index (χ4n) is 1.42. The van der Waals surface area contributed by atoms with Crippen LogP contribution in [0.1, 0.15) is 0 Å². The highest BCUT2D eigenvalue weighted by atomic mass is 79.9. The molecule has 2 rings (SSSR count). The predicted octanol–water partition coefficient (Wildman–Crippen LogP) is 3.09. The van der Waals surface area contributed by atoms with E-state index in [1.807, 2.05) is 36.4 Å². The summed E-state index contributed by atoms with van der Waals surface area (Å²) in [7, 11) is -2.49. The van der Waals surface area contributed by atoms with Crippen molar-refractivity contribution in [1.82, 2.24) is 0 Å². The van der Waals surface area contributed by atoms with Crippen molar-refractivity contribution in [3.63, 3.8) is 0 Å². The first kappa shape index (κ1) is 11.4. The normalized spacial score (nSPS) is 10.6. The zero-order valence-corrected chi connectivity index (χ0v) is 10.7. The number of halogens is 1. The first-order chi connectivity index (χ1) is 7.66. The van der Waals surface area contributed by atoms with Crippen LogP contribution in [0.5, 0.6) is 0 Å². The van der Waals surface area contributed by atoms with Gasteiger partial charge < -0.3 is 0 Å². The lowest BCUT2D eigenvalue weighted by Gasteiger charge is -2.01. The fourth-order valence-corrected chi connectivity index (χ4v) is 2.07. The van der Waals surface area contributed by atoms with Crippen LogP contribution in [-0.4, -0.2) is 8.42 Å². The van der Waals surface area contributed by atoms with E-state index in [1.165, 1.54) is 0 Å². The molecule has 0 amide bonds. The number of hydrogen-bond acceptors (Lipinski definition) is 2. The van der Waals surface area contributed by atoms with Gasteiger partial charge in [-0.3, -0.25) is 0 Å². The maximum Gasteiger partial charge on any atom is 0.168 e. The Bertz CT molecular complexity index is 549. The van der Waals surface area contributed by atoms with Gasteiger partial charge >= 0.3 is 0 Å². The van der Waals surface area contributed by atoms with E-state index in [-0.39, 0.29) is 0 Å². The highest BCUT2D eigenvalue weighted by molar-refractivity contribution is 9.10. The third kappa shape index (κ3) is 2.51. The van der Waals surface area contributed by atoms with Crippen LogP contribution in [0.4, 0.5) is 0 Å². The quantitative estimate of drug-likeness (QED) is 0.864. The summed E-state index contributed by atoms with van der Waals surface area (Å²) in [6.07, 6.45) is 0. The smallest absolute Gasteiger partial charge is 0.168 e. The molecule has 2 aromatic carbocycles. The van der Waals surface area contributed by atoms with E-state index in [2.05, 4.69) is 15.9 Å². The minimum atomic E-state index is -2.49. The molecular formula is C12H9BrO2S. The van der Waals surface area contributed by atoms with E-state index in [1.54, 1.807) is 12.1 Å². The Morgan fingerprint density at radius 1 is 0.750 bits per heavy atom. The van der Waals surface area contributed by atoms with Gasteiger partial charge in [0.2, 0.25) is 0 Å². The van der Waals surface area contributed by atoms with Crippen LogP contribution in [0.2, 0.25) is 0 Å². The zero-order valence-electron chi connectivity index (χ0n) is 8.26. The maximum absolute atomic E-state index is 10.7. The predicted molar refractivity (Wildman–Crippen MR) is 68.2 cm³/mol. The van der Waals surface area contributed by atoms with Gasteiger partial charge in [-0.15, -0.1) is 0 Å². The standard InChI is InChI=1S/C12H9BrO2S/c13-11-5-1-9(2-6-11)10-3-7-12(8-4-10)16(14)15/h1-8,16H. The maximum atomic E-state index is 10.7. The molecule has 2 aromatic rings. The summed E-state index contributed by atoms with van der Waals surface area (Å²) in [4.78, 5) is 0.343. The molecule has 0 atom stereocenters. The van der Waals surface area contributed by atoms with E-state index >= 15 is 0 Å². The molecular weight excluding hydrogens is 288 g/mol. The fraction of sp³-hybridized carbons (Fsp3) is 0. The molecule has 4 heteroatoms. The zero-order chi connectivity index (χ0) is 11.5. The van der Waals surface area contributed by atoms with Gasteiger partial charge in [-0.05, 0) is 35.4 Å². The Morgan fingerprint density at radius 3 is 1.62 bits per heavy atom. The lowest BCUT2D eigenvalue weighted by Crippen LogP contribution is -1.81. The summed E-state index contributed by atoms with van der Waals surface area (Å²) >= 11 is 3.37. The van der Waals surface area contributed by atoms with Crippen LogP contribution in [0.25, 0.3) is 11.1 Å². The minimum absolute atomic E-state index is 0.343. The summed E-state index contributed by atoms with van der Waals surface area (Å²) in [5.74, 6) is 0. The van der Waals surface area contributed by atoms with E-state index < -0.39 is 10.7 Å². The number of benzene rings is 2. The molecule has 0 aromatic heterocycles. The van der Waals surface area contributed by atoms with E-state index in [9.17, 15) is 8.42 Å². The topological polar surface area (TPSA) is 34.1 Å². The summed E-state index contributed by atoms with van der Waals surface area (Å²) in [6, 6.07) is 14.7. The molecule has 2 nitrogen and oxygen atoms in total. The molecule has 0 aliphatic carbocycles. The Morgan fingerprint density at radius 2 is 1.19 bits per heavy atom. The van der Waals surface area contributed by atoms with Crippen LogP contribution in [0, 0.1) is 0 Å². The Balaban J connectivity index is 2.38. The van der Waals surface area contributed by atoms with E-state index in [0.717, 1.165) is 15.6 Å². The second-order valence-corrected chi connectivity index (χ2v) is 5.26. The average Bonchev–Trinajstić information content (AvgIpc) is 2.30. The molecule has 0 aliphatic heterocycles. The average molecular weight is 297 g/mol. The molecule has 0 spiro atoms. The molecule has 0 saturated heterocycles. The highest BCUT2D eigenvalue weighted by Gasteiger charge is 1.99. The van der Waals surface area contributed by atoms with Crippen molar-refractivity contribution < 1.29 is 8.42 Å². The van der Waals surface area contributed by atoms with Crippen molar-refractivity contribution in [1.29, 1.82) is 0 Å². The molecule has 0 bridgehead atoms. The van der Waals surface area contributed by atoms with E-state index in [0.29, 0.717) is 4.90 Å². The molecule has 0 radical (unpaired) electrons. The molecule has 0 unspecified atom stereocenters. The monoisotopic (exact) mass is 296 g/mol. The van der Waals surface area contributed by atoms with Crippen LogP contribution in [0.15, 0.2) is 57.9 Å². The number of rotatable bonds is 2. The van der Waals surface area contributed by atoms with Gasteiger partial charge in [0.1, 0.15) is 0 Å². The van der Waals surface area contributed by atoms with Gasteiger partial charge in [-0.1, -0.05) is 40.2 Å². The lowest BCUT2D eigenvalue weighted by atomic mass is 10.1. The van der Waals surface area contributed by atoms with Crippen LogP contribution < -0.4 is 0 Å². The van der Waals surface area contributed by atoms with Crippen LogP contribution in [0.3, 0.4) is 0 Å². The van der Waals surface area contributed by atoms with Gasteiger partial charge in [0.05, 0.1) is 4.90 Å². The summed E-state index contributed by atoms with van der Waals surface area (Å²) in [5.41, 5.74) is 2.07. The van der Waals surface area contributed by atoms with Crippen LogP contribution in [-0.2, 0) is 10.7 Å². The summed E-state index contributed by atoms with van der Waals surface area (Å²) in [6.45, 7) is 0. The Labute approximate surface area is 104 Å². The van der Waals surface area contributed by atoms with Gasteiger partial charge in [0.25, 0.3) is 0 Å². The largest absolute Gasteiger partial charge is 0.227 e. The minimum Gasteiger partial charge on any atom is -0.227 e. The van der Waals surface area contributed by atoms with Gasteiger partial charge in [0.15, 0.2) is 10.7 Å². The highest BCUT2D eigenvalue weighted by Crippen LogP contribution is 2.22. The van der Waals surface area contributed by atoms with Crippen molar-refractivity contribution in [3.05, 3.63) is 53.0 Å². The lowest BCUT2D eigenvalue weighted by molar-refractivity contribution is 0.614. The molecule has 16 heavy (non-hydrogen) atoms. The van der Waals surface area contributed by atoms with Crippen molar-refractivity contribution >= 4 is 26.6 Å². The first-order valence-corrected chi connectivity index (χ1v) is 6.64. The van der Waals surface area contributed by atoms with E-state index in [4.69, 9.17) is 0 Å². The second-order valence-electron chi connectivity index (χ2n) is 3.31.